The number of oxime groups is 1. The van der Waals surface area contributed by atoms with E-state index < -0.39 is 18.5 Å². The number of hydrogen-bond acceptors (Lipinski definition) is 3. The summed E-state index contributed by atoms with van der Waals surface area (Å²) in [5.41, 5.74) is -1.11. The van der Waals surface area contributed by atoms with Crippen molar-refractivity contribution in [2.45, 2.75) is 13.1 Å². The van der Waals surface area contributed by atoms with Gasteiger partial charge in [0.1, 0.15) is 0 Å². The molecule has 3 nitrogen and oxygen atoms in total. The van der Waals surface area contributed by atoms with E-state index in [1.165, 1.54) is 0 Å². The molecule has 0 atom stereocenters. The Morgan fingerprint density at radius 3 is 2.55 bits per heavy atom. The van der Waals surface area contributed by atoms with Crippen molar-refractivity contribution in [1.82, 2.24) is 0 Å². The standard InChI is InChI=1S/C5H6F3NO2/c1-4(5(6,7)8)9-11-3-2-10/h2H,3H2,1H3. The fraction of sp³-hybridized carbons (Fsp3) is 0.600. The highest BCUT2D eigenvalue weighted by atomic mass is 19.4. The first-order chi connectivity index (χ1) is 4.98. The zero-order chi connectivity index (χ0) is 8.91. The molecule has 0 aromatic carbocycles. The number of nitrogens with zero attached hydrogens (tertiary/aromatic N) is 1. The van der Waals surface area contributed by atoms with Crippen LogP contribution < -0.4 is 0 Å². The minimum Gasteiger partial charge on any atom is -0.388 e. The molecule has 0 fully saturated rings. The van der Waals surface area contributed by atoms with Gasteiger partial charge in [-0.25, -0.2) is 0 Å². The van der Waals surface area contributed by atoms with E-state index in [0.29, 0.717) is 6.29 Å². The summed E-state index contributed by atoms with van der Waals surface area (Å²) in [6.07, 6.45) is -4.17. The molecule has 0 spiro atoms. The van der Waals surface area contributed by atoms with Gasteiger partial charge in [-0.1, -0.05) is 5.16 Å². The maximum absolute atomic E-state index is 11.6. The molecule has 0 unspecified atom stereocenters. The molecule has 64 valence electrons. The largest absolute Gasteiger partial charge is 0.432 e. The van der Waals surface area contributed by atoms with Crippen molar-refractivity contribution in [3.05, 3.63) is 0 Å². The second kappa shape index (κ2) is 3.95. The van der Waals surface area contributed by atoms with E-state index >= 15 is 0 Å². The third kappa shape index (κ3) is 4.35. The summed E-state index contributed by atoms with van der Waals surface area (Å²) < 4.78 is 34.7. The molecule has 0 aliphatic carbocycles. The van der Waals surface area contributed by atoms with Crippen molar-refractivity contribution < 1.29 is 22.8 Å². The molecule has 0 N–H and O–H groups in total. The highest BCUT2D eigenvalue weighted by molar-refractivity contribution is 5.86. The van der Waals surface area contributed by atoms with Gasteiger partial charge < -0.3 is 4.84 Å². The number of carbonyl (C=O) groups excluding carboxylic acids is 1. The maximum atomic E-state index is 11.6. The number of alkyl halides is 3. The number of aldehydes is 1. The van der Waals surface area contributed by atoms with Crippen molar-refractivity contribution in [3.63, 3.8) is 0 Å². The lowest BCUT2D eigenvalue weighted by Gasteiger charge is -2.03. The Labute approximate surface area is 60.8 Å². The smallest absolute Gasteiger partial charge is 0.388 e. The van der Waals surface area contributed by atoms with E-state index in [-0.39, 0.29) is 0 Å². The summed E-state index contributed by atoms with van der Waals surface area (Å²) in [7, 11) is 0. The first-order valence-corrected chi connectivity index (χ1v) is 2.66. The van der Waals surface area contributed by atoms with Gasteiger partial charge in [0.15, 0.2) is 18.6 Å². The van der Waals surface area contributed by atoms with E-state index in [9.17, 15) is 18.0 Å². The van der Waals surface area contributed by atoms with Crippen LogP contribution in [-0.2, 0) is 9.63 Å². The predicted octanol–water partition coefficient (Wildman–Crippen LogP) is 1.14. The zero-order valence-corrected chi connectivity index (χ0v) is 5.68. The van der Waals surface area contributed by atoms with Crippen molar-refractivity contribution in [1.29, 1.82) is 0 Å². The van der Waals surface area contributed by atoms with E-state index in [2.05, 4.69) is 9.99 Å². The summed E-state index contributed by atoms with van der Waals surface area (Å²) in [5, 5.41) is 2.65. The Morgan fingerprint density at radius 2 is 2.18 bits per heavy atom. The van der Waals surface area contributed by atoms with Crippen LogP contribution in [0.15, 0.2) is 5.16 Å². The molecule has 0 saturated carbocycles. The minimum atomic E-state index is -4.48. The van der Waals surface area contributed by atoms with E-state index in [1.54, 1.807) is 0 Å². The van der Waals surface area contributed by atoms with Gasteiger partial charge in [-0.15, -0.1) is 0 Å². The Hall–Kier alpha value is -1.07. The van der Waals surface area contributed by atoms with Gasteiger partial charge in [-0.05, 0) is 6.92 Å². The Bertz CT molecular complexity index is 164. The summed E-state index contributed by atoms with van der Waals surface area (Å²) in [4.78, 5) is 13.5. The third-order valence-electron chi connectivity index (χ3n) is 0.754. The van der Waals surface area contributed by atoms with Gasteiger partial charge in [0.25, 0.3) is 0 Å². The Morgan fingerprint density at radius 1 is 1.64 bits per heavy atom. The normalized spacial score (nSPS) is 12.9. The quantitative estimate of drug-likeness (QED) is 0.275. The molecule has 0 aliphatic heterocycles. The first kappa shape index (κ1) is 9.93. The molecule has 0 heterocycles. The summed E-state index contributed by atoms with van der Waals surface area (Å²) in [6.45, 7) is 0.290. The number of rotatable bonds is 3. The van der Waals surface area contributed by atoms with Crippen molar-refractivity contribution in [3.8, 4) is 0 Å². The Balaban J connectivity index is 3.90. The molecule has 0 radical (unpaired) electrons. The van der Waals surface area contributed by atoms with Gasteiger partial charge in [-0.2, -0.15) is 13.2 Å². The third-order valence-corrected chi connectivity index (χ3v) is 0.754. The molecule has 0 aromatic rings. The highest BCUT2D eigenvalue weighted by Crippen LogP contribution is 2.16. The maximum Gasteiger partial charge on any atom is 0.432 e. The van der Waals surface area contributed by atoms with E-state index in [1.807, 2.05) is 0 Å². The molecule has 0 rings (SSSR count). The van der Waals surface area contributed by atoms with Crippen LogP contribution in [0.3, 0.4) is 0 Å². The summed E-state index contributed by atoms with van der Waals surface area (Å²) in [6, 6.07) is 0. The first-order valence-electron chi connectivity index (χ1n) is 2.66. The van der Waals surface area contributed by atoms with Crippen LogP contribution in [0.25, 0.3) is 0 Å². The second-order valence-electron chi connectivity index (χ2n) is 1.64. The molecule has 11 heavy (non-hydrogen) atoms. The zero-order valence-electron chi connectivity index (χ0n) is 5.68. The SMILES string of the molecule is CC(=NOCC=O)C(F)(F)F. The predicted molar refractivity (Wildman–Crippen MR) is 31.2 cm³/mol. The van der Waals surface area contributed by atoms with Crippen LogP contribution in [0.2, 0.25) is 0 Å². The van der Waals surface area contributed by atoms with Crippen molar-refractivity contribution in [2.24, 2.45) is 5.16 Å². The van der Waals surface area contributed by atoms with E-state index in [4.69, 9.17) is 0 Å². The van der Waals surface area contributed by atoms with Crippen molar-refractivity contribution in [2.75, 3.05) is 6.61 Å². The second-order valence-corrected chi connectivity index (χ2v) is 1.64. The number of carbonyl (C=O) groups is 1. The molecule has 6 heteroatoms. The van der Waals surface area contributed by atoms with Crippen LogP contribution in [0.5, 0.6) is 0 Å². The molecule has 0 bridgehead atoms. The number of halogens is 3. The van der Waals surface area contributed by atoms with Gasteiger partial charge in [-0.3, -0.25) is 4.79 Å². The van der Waals surface area contributed by atoms with Gasteiger partial charge >= 0.3 is 6.18 Å². The molecule has 0 aliphatic rings. The highest BCUT2D eigenvalue weighted by Gasteiger charge is 2.32. The lowest BCUT2D eigenvalue weighted by atomic mass is 10.4. The molecular weight excluding hydrogens is 163 g/mol. The van der Waals surface area contributed by atoms with Gasteiger partial charge in [0.2, 0.25) is 0 Å². The van der Waals surface area contributed by atoms with Gasteiger partial charge in [0, 0.05) is 0 Å². The lowest BCUT2D eigenvalue weighted by Crippen LogP contribution is -2.19. The van der Waals surface area contributed by atoms with Crippen LogP contribution in [0.4, 0.5) is 13.2 Å². The average Bonchev–Trinajstić information content (AvgIpc) is 1.86. The van der Waals surface area contributed by atoms with E-state index in [0.717, 1.165) is 6.92 Å². The summed E-state index contributed by atoms with van der Waals surface area (Å²) in [5.74, 6) is 0. The topological polar surface area (TPSA) is 38.7 Å². The summed E-state index contributed by atoms with van der Waals surface area (Å²) >= 11 is 0. The fourth-order valence-electron chi connectivity index (χ4n) is 0.216. The monoisotopic (exact) mass is 169 g/mol. The number of hydrogen-bond donors (Lipinski definition) is 0. The van der Waals surface area contributed by atoms with Crippen LogP contribution in [0, 0.1) is 0 Å². The molecule has 0 saturated heterocycles. The molecular formula is C5H6F3NO2. The van der Waals surface area contributed by atoms with Crippen molar-refractivity contribution >= 4 is 12.0 Å². The Kier molecular flexibility index (Phi) is 3.56. The van der Waals surface area contributed by atoms with Crippen LogP contribution >= 0.6 is 0 Å². The van der Waals surface area contributed by atoms with Crippen LogP contribution in [-0.4, -0.2) is 24.8 Å². The lowest BCUT2D eigenvalue weighted by molar-refractivity contribution is -0.112. The van der Waals surface area contributed by atoms with Gasteiger partial charge in [0.05, 0.1) is 0 Å². The molecule has 0 amide bonds. The average molecular weight is 169 g/mol. The fourth-order valence-corrected chi connectivity index (χ4v) is 0.216. The van der Waals surface area contributed by atoms with Crippen LogP contribution in [0.1, 0.15) is 6.92 Å². The molecule has 0 aromatic heterocycles. The minimum absolute atomic E-state index is 0.313.